The van der Waals surface area contributed by atoms with Gasteiger partial charge in [-0.15, -0.1) is 0 Å². The number of ether oxygens (including phenoxy) is 2. The second-order valence-corrected chi connectivity index (χ2v) is 10.3. The Labute approximate surface area is 202 Å². The second kappa shape index (κ2) is 11.0. The highest BCUT2D eigenvalue weighted by Gasteiger charge is 2.36. The maximum atomic E-state index is 13.6. The maximum Gasteiger partial charge on any atom is 0.259 e. The van der Waals surface area contributed by atoms with Crippen LogP contribution in [0.3, 0.4) is 0 Å². The van der Waals surface area contributed by atoms with Gasteiger partial charge in [-0.3, -0.25) is 9.59 Å². The Hall–Kier alpha value is -2.19. The molecule has 1 saturated carbocycles. The Kier molecular flexibility index (Phi) is 8.09. The standard InChI is InChI=1S/C26H39N3O5/c1-17-14-29(18(2)16-30)26(32)22-12-21(19-6-4-5-7-19)13-27-24(22)34-23(17)15-28(3)25(31)20-8-10-33-11-9-20/h12-13,17-20,23,30H,4-11,14-16H2,1-3H3/t17-,18-,23-/m0/s1. The van der Waals surface area contributed by atoms with E-state index >= 15 is 0 Å². The Morgan fingerprint density at radius 3 is 2.65 bits per heavy atom. The molecular weight excluding hydrogens is 434 g/mol. The fraction of sp³-hybridized carbons (Fsp3) is 0.731. The molecule has 4 rings (SSSR count). The summed E-state index contributed by atoms with van der Waals surface area (Å²) in [7, 11) is 1.82. The van der Waals surface area contributed by atoms with E-state index in [9.17, 15) is 14.7 Å². The summed E-state index contributed by atoms with van der Waals surface area (Å²) in [6, 6.07) is 1.63. The maximum absolute atomic E-state index is 13.6. The van der Waals surface area contributed by atoms with Gasteiger partial charge in [0.1, 0.15) is 11.7 Å². The van der Waals surface area contributed by atoms with Gasteiger partial charge in [0.15, 0.2) is 0 Å². The van der Waals surface area contributed by atoms with Gasteiger partial charge in [0, 0.05) is 44.8 Å². The third kappa shape index (κ3) is 5.38. The highest BCUT2D eigenvalue weighted by molar-refractivity contribution is 5.97. The molecule has 0 bridgehead atoms. The van der Waals surface area contributed by atoms with E-state index in [1.165, 1.54) is 12.8 Å². The van der Waals surface area contributed by atoms with E-state index in [1.807, 2.05) is 33.2 Å². The lowest BCUT2D eigenvalue weighted by molar-refractivity contribution is -0.138. The van der Waals surface area contributed by atoms with Crippen LogP contribution in [0.15, 0.2) is 12.3 Å². The molecule has 1 N–H and O–H groups in total. The number of rotatable bonds is 6. The molecule has 1 aliphatic carbocycles. The molecule has 0 aromatic carbocycles. The summed E-state index contributed by atoms with van der Waals surface area (Å²) in [5.41, 5.74) is 1.54. The monoisotopic (exact) mass is 473 g/mol. The quantitative estimate of drug-likeness (QED) is 0.683. The first kappa shape index (κ1) is 24.9. The van der Waals surface area contributed by atoms with Crippen LogP contribution in [0, 0.1) is 11.8 Å². The topological polar surface area (TPSA) is 92.2 Å². The van der Waals surface area contributed by atoms with Crippen molar-refractivity contribution in [3.63, 3.8) is 0 Å². The van der Waals surface area contributed by atoms with E-state index in [4.69, 9.17) is 9.47 Å². The van der Waals surface area contributed by atoms with Gasteiger partial charge < -0.3 is 24.4 Å². The first-order valence-electron chi connectivity index (χ1n) is 12.8. The molecule has 8 nitrogen and oxygen atoms in total. The van der Waals surface area contributed by atoms with Crippen molar-refractivity contribution in [1.82, 2.24) is 14.8 Å². The second-order valence-electron chi connectivity index (χ2n) is 10.3. The minimum Gasteiger partial charge on any atom is -0.472 e. The van der Waals surface area contributed by atoms with Crippen molar-refractivity contribution in [2.45, 2.75) is 70.4 Å². The number of fused-ring (bicyclic) bond motifs is 1. The lowest BCUT2D eigenvalue weighted by Gasteiger charge is -2.38. The van der Waals surface area contributed by atoms with Gasteiger partial charge in [-0.1, -0.05) is 19.8 Å². The van der Waals surface area contributed by atoms with Crippen LogP contribution in [0.4, 0.5) is 0 Å². The van der Waals surface area contributed by atoms with E-state index in [-0.39, 0.29) is 42.4 Å². The zero-order valence-electron chi connectivity index (χ0n) is 20.7. The van der Waals surface area contributed by atoms with Gasteiger partial charge >= 0.3 is 0 Å². The number of aromatic nitrogens is 1. The first-order valence-corrected chi connectivity index (χ1v) is 12.8. The van der Waals surface area contributed by atoms with Gasteiger partial charge in [-0.05, 0) is 50.2 Å². The number of aliphatic hydroxyl groups is 1. The van der Waals surface area contributed by atoms with Crippen molar-refractivity contribution in [2.75, 3.05) is 40.0 Å². The Balaban J connectivity index is 1.60. The van der Waals surface area contributed by atoms with Crippen LogP contribution in [0.2, 0.25) is 0 Å². The number of carbonyl (C=O) groups excluding carboxylic acids is 2. The SMILES string of the molecule is C[C@H]1CN([C@@H](C)CO)C(=O)c2cc(C3CCCC3)cnc2O[C@H]1CN(C)C(=O)C1CCOCC1. The zero-order valence-corrected chi connectivity index (χ0v) is 20.7. The third-order valence-corrected chi connectivity index (χ3v) is 7.77. The molecule has 8 heteroatoms. The number of hydrogen-bond acceptors (Lipinski definition) is 6. The largest absolute Gasteiger partial charge is 0.472 e. The summed E-state index contributed by atoms with van der Waals surface area (Å²) < 4.78 is 11.8. The number of likely N-dealkylation sites (N-methyl/N-ethyl adjacent to an activating group) is 1. The van der Waals surface area contributed by atoms with Crippen molar-refractivity contribution in [1.29, 1.82) is 0 Å². The molecule has 0 unspecified atom stereocenters. The van der Waals surface area contributed by atoms with Crippen LogP contribution in [0.25, 0.3) is 0 Å². The summed E-state index contributed by atoms with van der Waals surface area (Å²) in [6.07, 6.45) is 7.65. The summed E-state index contributed by atoms with van der Waals surface area (Å²) in [6.45, 7) is 5.87. The molecule has 0 radical (unpaired) electrons. The molecule has 2 aliphatic heterocycles. The lowest BCUT2D eigenvalue weighted by Crippen LogP contribution is -2.51. The van der Waals surface area contributed by atoms with Crippen LogP contribution < -0.4 is 4.74 Å². The van der Waals surface area contributed by atoms with Gasteiger partial charge in [0.25, 0.3) is 5.91 Å². The average Bonchev–Trinajstić information content (AvgIpc) is 3.40. The van der Waals surface area contributed by atoms with Gasteiger partial charge in [-0.2, -0.15) is 0 Å². The van der Waals surface area contributed by atoms with Crippen LogP contribution in [0.5, 0.6) is 5.88 Å². The number of nitrogens with zero attached hydrogens (tertiary/aromatic N) is 3. The van der Waals surface area contributed by atoms with Crippen molar-refractivity contribution in [3.05, 3.63) is 23.4 Å². The van der Waals surface area contributed by atoms with E-state index in [0.29, 0.717) is 43.7 Å². The molecule has 3 aliphatic rings. The van der Waals surface area contributed by atoms with Crippen LogP contribution in [-0.2, 0) is 9.53 Å². The van der Waals surface area contributed by atoms with E-state index in [2.05, 4.69) is 4.98 Å². The fourth-order valence-corrected chi connectivity index (χ4v) is 5.43. The molecular formula is C26H39N3O5. The zero-order chi connectivity index (χ0) is 24.2. The van der Waals surface area contributed by atoms with Crippen LogP contribution in [0.1, 0.15) is 74.2 Å². The number of hydrogen-bond donors (Lipinski definition) is 1. The number of amides is 2. The predicted octanol–water partition coefficient (Wildman–Crippen LogP) is 2.84. The predicted molar refractivity (Wildman–Crippen MR) is 128 cm³/mol. The smallest absolute Gasteiger partial charge is 0.259 e. The molecule has 1 aromatic heterocycles. The summed E-state index contributed by atoms with van der Waals surface area (Å²) in [5, 5.41) is 9.85. The van der Waals surface area contributed by atoms with Gasteiger partial charge in [0.05, 0.1) is 19.2 Å². The van der Waals surface area contributed by atoms with Gasteiger partial charge in [-0.25, -0.2) is 4.98 Å². The number of aliphatic hydroxyl groups excluding tert-OH is 1. The Morgan fingerprint density at radius 1 is 1.26 bits per heavy atom. The van der Waals surface area contributed by atoms with Crippen molar-refractivity contribution >= 4 is 11.8 Å². The van der Waals surface area contributed by atoms with Crippen molar-refractivity contribution in [2.24, 2.45) is 11.8 Å². The van der Waals surface area contributed by atoms with Crippen LogP contribution in [-0.4, -0.2) is 83.8 Å². The molecule has 188 valence electrons. The summed E-state index contributed by atoms with van der Waals surface area (Å²) >= 11 is 0. The lowest BCUT2D eigenvalue weighted by atomic mass is 9.95. The van der Waals surface area contributed by atoms with Crippen molar-refractivity contribution < 1.29 is 24.2 Å². The Bertz CT molecular complexity index is 866. The van der Waals surface area contributed by atoms with Crippen molar-refractivity contribution in [3.8, 4) is 5.88 Å². The van der Waals surface area contributed by atoms with Crippen LogP contribution >= 0.6 is 0 Å². The molecule has 2 amide bonds. The normalized spacial score (nSPS) is 25.3. The molecule has 1 saturated heterocycles. The molecule has 2 fully saturated rings. The first-order chi connectivity index (χ1) is 16.4. The summed E-state index contributed by atoms with van der Waals surface area (Å²) in [4.78, 5) is 34.7. The minimum atomic E-state index is -0.321. The molecule has 3 atom stereocenters. The van der Waals surface area contributed by atoms with E-state index in [1.54, 1.807) is 9.80 Å². The Morgan fingerprint density at radius 2 is 1.97 bits per heavy atom. The third-order valence-electron chi connectivity index (χ3n) is 7.77. The van der Waals surface area contributed by atoms with E-state index < -0.39 is 0 Å². The molecule has 1 aromatic rings. The van der Waals surface area contributed by atoms with Gasteiger partial charge in [0.2, 0.25) is 11.8 Å². The van der Waals surface area contributed by atoms with E-state index in [0.717, 1.165) is 31.2 Å². The number of pyridine rings is 1. The minimum absolute atomic E-state index is 0.0190. The fourth-order valence-electron chi connectivity index (χ4n) is 5.43. The summed E-state index contributed by atoms with van der Waals surface area (Å²) in [5.74, 6) is 0.647. The molecule has 0 spiro atoms. The molecule has 34 heavy (non-hydrogen) atoms. The number of carbonyl (C=O) groups is 2. The highest BCUT2D eigenvalue weighted by Crippen LogP contribution is 2.36. The molecule has 3 heterocycles. The highest BCUT2D eigenvalue weighted by atomic mass is 16.5. The average molecular weight is 474 g/mol.